The number of hydrogen-bond acceptors (Lipinski definition) is 2. The van der Waals surface area contributed by atoms with Crippen LogP contribution in [0.15, 0.2) is 22.7 Å². The van der Waals surface area contributed by atoms with Crippen LogP contribution in [-0.2, 0) is 13.1 Å². The molecule has 1 atom stereocenters. The molecule has 18 heavy (non-hydrogen) atoms. The standard InChI is InChI=1S/C15H23BrN2/c1-12-4-3-7-18(10-12)11-14-6-5-13(9-17-2)8-15(14)16/h5-6,8,12,17H,3-4,7,9-11H2,1-2H3. The Hall–Kier alpha value is -0.380. The normalized spacial score (nSPS) is 21.2. The number of likely N-dealkylation sites (tertiary alicyclic amines) is 1. The highest BCUT2D eigenvalue weighted by Crippen LogP contribution is 2.23. The molecule has 3 heteroatoms. The third-order valence-corrected chi connectivity index (χ3v) is 4.37. The smallest absolute Gasteiger partial charge is 0.0245 e. The number of benzene rings is 1. The SMILES string of the molecule is CNCc1ccc(CN2CCCC(C)C2)c(Br)c1. The van der Waals surface area contributed by atoms with Gasteiger partial charge in [0.2, 0.25) is 0 Å². The second kappa shape index (κ2) is 6.69. The van der Waals surface area contributed by atoms with E-state index in [1.807, 2.05) is 7.05 Å². The quantitative estimate of drug-likeness (QED) is 0.917. The second-order valence-corrected chi connectivity index (χ2v) is 6.29. The third kappa shape index (κ3) is 3.81. The molecule has 1 unspecified atom stereocenters. The van der Waals surface area contributed by atoms with Crippen LogP contribution in [0.5, 0.6) is 0 Å². The first-order valence-electron chi connectivity index (χ1n) is 6.83. The van der Waals surface area contributed by atoms with Gasteiger partial charge in [-0.3, -0.25) is 4.90 Å². The summed E-state index contributed by atoms with van der Waals surface area (Å²) in [5, 5.41) is 3.19. The Morgan fingerprint density at radius 3 is 2.94 bits per heavy atom. The van der Waals surface area contributed by atoms with Crippen molar-refractivity contribution in [2.24, 2.45) is 5.92 Å². The maximum Gasteiger partial charge on any atom is 0.0245 e. The van der Waals surface area contributed by atoms with Gasteiger partial charge in [-0.05, 0) is 49.5 Å². The van der Waals surface area contributed by atoms with Crippen molar-refractivity contribution >= 4 is 15.9 Å². The molecule has 0 amide bonds. The highest BCUT2D eigenvalue weighted by molar-refractivity contribution is 9.10. The van der Waals surface area contributed by atoms with E-state index in [1.165, 1.54) is 41.5 Å². The average molecular weight is 311 g/mol. The van der Waals surface area contributed by atoms with Crippen LogP contribution < -0.4 is 5.32 Å². The first kappa shape index (κ1) is 14.0. The molecule has 100 valence electrons. The lowest BCUT2D eigenvalue weighted by Crippen LogP contribution is -2.33. The predicted molar refractivity (Wildman–Crippen MR) is 80.6 cm³/mol. The molecule has 0 saturated carbocycles. The molecule has 1 aromatic carbocycles. The fraction of sp³-hybridized carbons (Fsp3) is 0.600. The summed E-state index contributed by atoms with van der Waals surface area (Å²) in [7, 11) is 1.98. The minimum absolute atomic E-state index is 0.848. The van der Waals surface area contributed by atoms with E-state index in [2.05, 4.69) is 51.3 Å². The van der Waals surface area contributed by atoms with Crippen molar-refractivity contribution < 1.29 is 0 Å². The van der Waals surface area contributed by atoms with Crippen LogP contribution in [0.4, 0.5) is 0 Å². The molecular formula is C15H23BrN2. The molecule has 0 radical (unpaired) electrons. The number of rotatable bonds is 4. The Labute approximate surface area is 119 Å². The second-order valence-electron chi connectivity index (χ2n) is 5.44. The zero-order valence-corrected chi connectivity index (χ0v) is 13.0. The van der Waals surface area contributed by atoms with Crippen LogP contribution in [0.1, 0.15) is 30.9 Å². The summed E-state index contributed by atoms with van der Waals surface area (Å²) in [6.07, 6.45) is 2.73. The molecule has 0 aromatic heterocycles. The summed E-state index contributed by atoms with van der Waals surface area (Å²) >= 11 is 3.70. The Balaban J connectivity index is 2.00. The molecule has 1 N–H and O–H groups in total. The van der Waals surface area contributed by atoms with Crippen LogP contribution in [0.2, 0.25) is 0 Å². The lowest BCUT2D eigenvalue weighted by Gasteiger charge is -2.31. The van der Waals surface area contributed by atoms with Gasteiger partial charge in [0.25, 0.3) is 0 Å². The van der Waals surface area contributed by atoms with Gasteiger partial charge in [-0.1, -0.05) is 35.0 Å². The van der Waals surface area contributed by atoms with Gasteiger partial charge in [0.1, 0.15) is 0 Å². The number of nitrogens with zero attached hydrogens (tertiary/aromatic N) is 1. The van der Waals surface area contributed by atoms with Gasteiger partial charge in [-0.2, -0.15) is 0 Å². The zero-order valence-electron chi connectivity index (χ0n) is 11.4. The summed E-state index contributed by atoms with van der Waals surface area (Å²) in [6.45, 7) is 6.85. The van der Waals surface area contributed by atoms with E-state index in [9.17, 15) is 0 Å². The van der Waals surface area contributed by atoms with E-state index in [1.54, 1.807) is 0 Å². The van der Waals surface area contributed by atoms with Gasteiger partial charge in [0.05, 0.1) is 0 Å². The predicted octanol–water partition coefficient (Wildman–Crippen LogP) is 3.40. The van der Waals surface area contributed by atoms with Gasteiger partial charge in [0.15, 0.2) is 0 Å². The molecule has 1 aromatic rings. The van der Waals surface area contributed by atoms with Gasteiger partial charge >= 0.3 is 0 Å². The largest absolute Gasteiger partial charge is 0.316 e. The van der Waals surface area contributed by atoms with E-state index in [4.69, 9.17) is 0 Å². The molecule has 1 fully saturated rings. The van der Waals surface area contributed by atoms with Crippen molar-refractivity contribution in [3.63, 3.8) is 0 Å². The fourth-order valence-corrected chi connectivity index (χ4v) is 3.26. The number of nitrogens with one attached hydrogen (secondary N) is 1. The Morgan fingerprint density at radius 1 is 1.44 bits per heavy atom. The Kier molecular flexibility index (Phi) is 5.22. The van der Waals surface area contributed by atoms with Crippen LogP contribution in [0.25, 0.3) is 0 Å². The fourth-order valence-electron chi connectivity index (χ4n) is 2.70. The topological polar surface area (TPSA) is 15.3 Å². The minimum Gasteiger partial charge on any atom is -0.316 e. The van der Waals surface area contributed by atoms with Gasteiger partial charge in [-0.25, -0.2) is 0 Å². The van der Waals surface area contributed by atoms with E-state index < -0.39 is 0 Å². The van der Waals surface area contributed by atoms with Crippen molar-refractivity contribution in [2.75, 3.05) is 20.1 Å². The molecular weight excluding hydrogens is 288 g/mol. The van der Waals surface area contributed by atoms with Crippen molar-refractivity contribution in [1.82, 2.24) is 10.2 Å². The van der Waals surface area contributed by atoms with Crippen molar-refractivity contribution in [1.29, 1.82) is 0 Å². The first-order chi connectivity index (χ1) is 8.69. The van der Waals surface area contributed by atoms with E-state index in [0.717, 1.165) is 19.0 Å². The number of hydrogen-bond donors (Lipinski definition) is 1. The molecule has 2 rings (SSSR count). The summed E-state index contributed by atoms with van der Waals surface area (Å²) in [5.74, 6) is 0.848. The first-order valence-corrected chi connectivity index (χ1v) is 7.62. The van der Waals surface area contributed by atoms with Crippen molar-refractivity contribution in [3.8, 4) is 0 Å². The maximum atomic E-state index is 3.70. The van der Waals surface area contributed by atoms with Crippen LogP contribution in [0, 0.1) is 5.92 Å². The average Bonchev–Trinajstić information content (AvgIpc) is 2.33. The van der Waals surface area contributed by atoms with Gasteiger partial charge < -0.3 is 5.32 Å². The van der Waals surface area contributed by atoms with Gasteiger partial charge in [-0.15, -0.1) is 0 Å². The highest BCUT2D eigenvalue weighted by atomic mass is 79.9. The molecule has 1 heterocycles. The number of halogens is 1. The van der Waals surface area contributed by atoms with Crippen molar-refractivity contribution in [2.45, 2.75) is 32.9 Å². The Morgan fingerprint density at radius 2 is 2.28 bits per heavy atom. The molecule has 0 bridgehead atoms. The monoisotopic (exact) mass is 310 g/mol. The maximum absolute atomic E-state index is 3.70. The van der Waals surface area contributed by atoms with Crippen LogP contribution in [0.3, 0.4) is 0 Å². The Bertz CT molecular complexity index is 392. The molecule has 0 aliphatic carbocycles. The summed E-state index contributed by atoms with van der Waals surface area (Å²) in [5.41, 5.74) is 2.74. The number of piperidine rings is 1. The lowest BCUT2D eigenvalue weighted by molar-refractivity contribution is 0.176. The molecule has 1 saturated heterocycles. The van der Waals surface area contributed by atoms with E-state index >= 15 is 0 Å². The summed E-state index contributed by atoms with van der Waals surface area (Å²) in [4.78, 5) is 2.58. The molecule has 0 spiro atoms. The van der Waals surface area contributed by atoms with E-state index in [-0.39, 0.29) is 0 Å². The zero-order chi connectivity index (χ0) is 13.0. The van der Waals surface area contributed by atoms with E-state index in [0.29, 0.717) is 0 Å². The molecule has 1 aliphatic heterocycles. The third-order valence-electron chi connectivity index (χ3n) is 3.63. The summed E-state index contributed by atoms with van der Waals surface area (Å²) < 4.78 is 1.24. The summed E-state index contributed by atoms with van der Waals surface area (Å²) in [6, 6.07) is 6.72. The minimum atomic E-state index is 0.848. The van der Waals surface area contributed by atoms with Crippen molar-refractivity contribution in [3.05, 3.63) is 33.8 Å². The van der Waals surface area contributed by atoms with Crippen LogP contribution in [-0.4, -0.2) is 25.0 Å². The van der Waals surface area contributed by atoms with Gasteiger partial charge in [0, 0.05) is 24.1 Å². The van der Waals surface area contributed by atoms with Crippen LogP contribution >= 0.6 is 15.9 Å². The molecule has 1 aliphatic rings. The highest BCUT2D eigenvalue weighted by Gasteiger charge is 2.17. The lowest BCUT2D eigenvalue weighted by atomic mass is 9.99. The molecule has 2 nitrogen and oxygen atoms in total.